The molecule has 1 aliphatic heterocycles. The summed E-state index contributed by atoms with van der Waals surface area (Å²) in [6.07, 6.45) is -0.827. The molecule has 1 heterocycles. The van der Waals surface area contributed by atoms with Crippen molar-refractivity contribution in [1.82, 2.24) is 9.03 Å². The number of cyclic esters (lactones) is 1. The number of nitrogens with one attached hydrogen (secondary N) is 1. The zero-order valence-corrected chi connectivity index (χ0v) is 10.7. The monoisotopic (exact) mass is 270 g/mol. The van der Waals surface area contributed by atoms with Gasteiger partial charge in [0.25, 0.3) is 0 Å². The molecule has 18 heavy (non-hydrogen) atoms. The second-order valence-electron chi connectivity index (χ2n) is 3.94. The summed E-state index contributed by atoms with van der Waals surface area (Å²) in [5.74, 6) is 0. The van der Waals surface area contributed by atoms with Crippen LogP contribution < -0.4 is 4.72 Å². The minimum Gasteiger partial charge on any atom is -0.447 e. The predicted octanol–water partition coefficient (Wildman–Crippen LogP) is 0.782. The van der Waals surface area contributed by atoms with Gasteiger partial charge in [-0.2, -0.15) is 17.4 Å². The van der Waals surface area contributed by atoms with Crippen molar-refractivity contribution in [2.75, 3.05) is 13.2 Å². The van der Waals surface area contributed by atoms with E-state index in [2.05, 4.69) is 9.46 Å². The topological polar surface area (TPSA) is 75.7 Å². The molecule has 1 aliphatic rings. The molecule has 0 aromatic heterocycles. The minimum absolute atomic E-state index is 0.0575. The van der Waals surface area contributed by atoms with Crippen LogP contribution in [0, 0.1) is 6.92 Å². The molecule has 0 aliphatic carbocycles. The highest BCUT2D eigenvalue weighted by Crippen LogP contribution is 2.11. The molecule has 6 nitrogen and oxygen atoms in total. The van der Waals surface area contributed by atoms with E-state index in [1.165, 1.54) is 0 Å². The molecule has 1 aromatic rings. The van der Waals surface area contributed by atoms with Gasteiger partial charge < -0.3 is 4.74 Å². The Balaban J connectivity index is 2.06. The van der Waals surface area contributed by atoms with Crippen molar-refractivity contribution in [2.24, 2.45) is 0 Å². The number of rotatable bonds is 4. The van der Waals surface area contributed by atoms with Crippen LogP contribution in [-0.2, 0) is 21.5 Å². The fourth-order valence-corrected chi connectivity index (χ4v) is 2.71. The normalized spacial score (nSPS) is 15.8. The zero-order chi connectivity index (χ0) is 13.2. The molecule has 0 spiro atoms. The van der Waals surface area contributed by atoms with Crippen LogP contribution in [0.2, 0.25) is 0 Å². The molecule has 1 saturated heterocycles. The number of hydrogen-bond donors (Lipinski definition) is 1. The minimum atomic E-state index is -3.82. The molecule has 1 N–H and O–H groups in total. The summed E-state index contributed by atoms with van der Waals surface area (Å²) < 4.78 is 31.4. The molecule has 0 saturated carbocycles. The van der Waals surface area contributed by atoms with E-state index in [1.54, 1.807) is 0 Å². The fourth-order valence-electron chi connectivity index (χ4n) is 1.65. The smallest absolute Gasteiger partial charge is 0.424 e. The molecule has 98 valence electrons. The van der Waals surface area contributed by atoms with Gasteiger partial charge in [0.15, 0.2) is 0 Å². The Hall–Kier alpha value is -1.60. The molecule has 1 fully saturated rings. The summed E-state index contributed by atoms with van der Waals surface area (Å²) >= 11 is 0. The summed E-state index contributed by atoms with van der Waals surface area (Å²) in [6, 6.07) is 7.44. The molecular formula is C11H14N2O4S. The number of nitrogens with zero attached hydrogens (tertiary/aromatic N) is 1. The van der Waals surface area contributed by atoms with Gasteiger partial charge in [0.2, 0.25) is 0 Å². The lowest BCUT2D eigenvalue weighted by molar-refractivity contribution is 0.169. The van der Waals surface area contributed by atoms with Gasteiger partial charge in [-0.1, -0.05) is 24.3 Å². The number of amides is 1. The fraction of sp³-hybridized carbons (Fsp3) is 0.364. The average molecular weight is 270 g/mol. The Morgan fingerprint density at radius 1 is 1.39 bits per heavy atom. The van der Waals surface area contributed by atoms with E-state index >= 15 is 0 Å². The van der Waals surface area contributed by atoms with Gasteiger partial charge in [-0.05, 0) is 18.1 Å². The van der Waals surface area contributed by atoms with Crippen molar-refractivity contribution in [2.45, 2.75) is 13.5 Å². The van der Waals surface area contributed by atoms with E-state index in [0.29, 0.717) is 4.31 Å². The lowest BCUT2D eigenvalue weighted by atomic mass is 10.1. The lowest BCUT2D eigenvalue weighted by Gasteiger charge is -2.14. The molecule has 1 amide bonds. The maximum absolute atomic E-state index is 11.8. The van der Waals surface area contributed by atoms with Crippen LogP contribution in [-0.4, -0.2) is 32.0 Å². The predicted molar refractivity (Wildman–Crippen MR) is 65.0 cm³/mol. The summed E-state index contributed by atoms with van der Waals surface area (Å²) in [5.41, 5.74) is 1.86. The average Bonchev–Trinajstić information content (AvgIpc) is 2.75. The van der Waals surface area contributed by atoms with Gasteiger partial charge in [-0.15, -0.1) is 0 Å². The quantitative estimate of drug-likeness (QED) is 0.877. The van der Waals surface area contributed by atoms with Gasteiger partial charge in [-0.3, -0.25) is 0 Å². The van der Waals surface area contributed by atoms with E-state index in [-0.39, 0.29) is 19.7 Å². The highest BCUT2D eigenvalue weighted by molar-refractivity contribution is 7.87. The van der Waals surface area contributed by atoms with Crippen LogP contribution in [0.1, 0.15) is 11.1 Å². The summed E-state index contributed by atoms with van der Waals surface area (Å²) in [4.78, 5) is 11.2. The first-order valence-corrected chi connectivity index (χ1v) is 6.93. The molecule has 1 aromatic carbocycles. The van der Waals surface area contributed by atoms with Crippen LogP contribution in [0.5, 0.6) is 0 Å². The SMILES string of the molecule is Cc1ccccc1CNS(=O)(=O)N1CCOC1=O. The molecule has 0 radical (unpaired) electrons. The van der Waals surface area contributed by atoms with E-state index in [9.17, 15) is 13.2 Å². The van der Waals surface area contributed by atoms with Gasteiger partial charge >= 0.3 is 16.3 Å². The van der Waals surface area contributed by atoms with Crippen molar-refractivity contribution in [3.63, 3.8) is 0 Å². The Kier molecular flexibility index (Phi) is 3.53. The number of aryl methyl sites for hydroxylation is 1. The summed E-state index contributed by atoms with van der Waals surface area (Å²) in [5, 5.41) is 0. The van der Waals surface area contributed by atoms with Crippen LogP contribution in [0.25, 0.3) is 0 Å². The molecule has 0 atom stereocenters. The van der Waals surface area contributed by atoms with Crippen LogP contribution >= 0.6 is 0 Å². The second-order valence-corrected chi connectivity index (χ2v) is 5.62. The number of ether oxygens (including phenoxy) is 1. The highest BCUT2D eigenvalue weighted by atomic mass is 32.2. The third kappa shape index (κ3) is 2.62. The number of carbonyl (C=O) groups is 1. The van der Waals surface area contributed by atoms with E-state index in [4.69, 9.17) is 0 Å². The third-order valence-electron chi connectivity index (χ3n) is 2.72. The van der Waals surface area contributed by atoms with Crippen molar-refractivity contribution < 1.29 is 17.9 Å². The maximum Gasteiger partial charge on any atom is 0.424 e. The first kappa shape index (κ1) is 12.8. The van der Waals surface area contributed by atoms with E-state index in [1.807, 2.05) is 31.2 Å². The van der Waals surface area contributed by atoms with Crippen molar-refractivity contribution in [3.05, 3.63) is 35.4 Å². The van der Waals surface area contributed by atoms with Gasteiger partial charge in [-0.25, -0.2) is 4.79 Å². The van der Waals surface area contributed by atoms with Gasteiger partial charge in [0, 0.05) is 6.54 Å². The number of benzene rings is 1. The van der Waals surface area contributed by atoms with Crippen LogP contribution in [0.4, 0.5) is 4.79 Å². The molecule has 0 unspecified atom stereocenters. The third-order valence-corrected chi connectivity index (χ3v) is 4.14. The summed E-state index contributed by atoms with van der Waals surface area (Å²) in [7, 11) is -3.82. The molecule has 2 rings (SSSR count). The van der Waals surface area contributed by atoms with Crippen molar-refractivity contribution >= 4 is 16.3 Å². The summed E-state index contributed by atoms with van der Waals surface area (Å²) in [6.45, 7) is 2.21. The molecule has 7 heteroatoms. The van der Waals surface area contributed by atoms with E-state index < -0.39 is 16.3 Å². The number of hydrogen-bond acceptors (Lipinski definition) is 4. The second kappa shape index (κ2) is 4.95. The largest absolute Gasteiger partial charge is 0.447 e. The first-order chi connectivity index (χ1) is 8.50. The van der Waals surface area contributed by atoms with Crippen LogP contribution in [0.15, 0.2) is 24.3 Å². The lowest BCUT2D eigenvalue weighted by Crippen LogP contribution is -2.40. The van der Waals surface area contributed by atoms with E-state index in [0.717, 1.165) is 11.1 Å². The molecular weight excluding hydrogens is 256 g/mol. The Bertz CT molecular complexity index is 556. The zero-order valence-electron chi connectivity index (χ0n) is 9.92. The first-order valence-electron chi connectivity index (χ1n) is 5.49. The number of carbonyl (C=O) groups excluding carboxylic acids is 1. The highest BCUT2D eigenvalue weighted by Gasteiger charge is 2.33. The Morgan fingerprint density at radius 3 is 2.72 bits per heavy atom. The van der Waals surface area contributed by atoms with Gasteiger partial charge in [0.1, 0.15) is 6.61 Å². The maximum atomic E-state index is 11.8. The molecule has 0 bridgehead atoms. The Morgan fingerprint density at radius 2 is 2.11 bits per heavy atom. The van der Waals surface area contributed by atoms with Crippen LogP contribution in [0.3, 0.4) is 0 Å². The standard InChI is InChI=1S/C11H14N2O4S/c1-9-4-2-3-5-10(9)8-12-18(15,16)13-6-7-17-11(13)14/h2-5,12H,6-8H2,1H3. The van der Waals surface area contributed by atoms with Crippen molar-refractivity contribution in [3.8, 4) is 0 Å². The Labute approximate surface area is 106 Å². The van der Waals surface area contributed by atoms with Gasteiger partial charge in [0.05, 0.1) is 6.54 Å². The van der Waals surface area contributed by atoms with Crippen molar-refractivity contribution in [1.29, 1.82) is 0 Å².